The second-order valence-electron chi connectivity index (χ2n) is 10.4. The Hall–Kier alpha value is -3.59. The number of esters is 1. The van der Waals surface area contributed by atoms with Gasteiger partial charge in [0, 0.05) is 37.5 Å². The fourth-order valence-corrected chi connectivity index (χ4v) is 6.19. The largest absolute Gasteiger partial charge is 0.508 e. The number of fused-ring (bicyclic) bond motifs is 1. The molecule has 9 heteroatoms. The average molecular weight is 543 g/mol. The van der Waals surface area contributed by atoms with Gasteiger partial charge >= 0.3 is 12.1 Å². The fraction of sp³-hybridized carbons (Fsp3) is 0.400. The van der Waals surface area contributed by atoms with Gasteiger partial charge in [-0.15, -0.1) is 6.58 Å². The van der Waals surface area contributed by atoms with Gasteiger partial charge in [0.15, 0.2) is 0 Å². The third-order valence-electron chi connectivity index (χ3n) is 7.81. The van der Waals surface area contributed by atoms with Crippen LogP contribution in [0.3, 0.4) is 0 Å². The summed E-state index contributed by atoms with van der Waals surface area (Å²) in [5.41, 5.74) is -1.22. The van der Waals surface area contributed by atoms with Crippen LogP contribution in [0.1, 0.15) is 49.3 Å². The number of hydrogen-bond acceptors (Lipinski definition) is 5. The summed E-state index contributed by atoms with van der Waals surface area (Å²) in [6.07, 6.45) is 2.05. The molecule has 0 spiro atoms. The van der Waals surface area contributed by atoms with Crippen molar-refractivity contribution in [3.8, 4) is 5.75 Å². The number of phenolic OH excluding ortho intramolecular Hbond substituents is 1. The average Bonchev–Trinajstić information content (AvgIpc) is 2.87. The van der Waals surface area contributed by atoms with Crippen LogP contribution in [0.25, 0.3) is 6.08 Å². The Bertz CT molecular complexity index is 1260. The van der Waals surface area contributed by atoms with E-state index in [0.717, 1.165) is 17.7 Å². The van der Waals surface area contributed by atoms with Crippen molar-refractivity contribution in [3.05, 3.63) is 84.0 Å². The molecular weight excluding hydrogens is 509 g/mol. The van der Waals surface area contributed by atoms with Gasteiger partial charge in [-0.3, -0.25) is 14.5 Å². The highest BCUT2D eigenvalue weighted by molar-refractivity contribution is 5.92. The van der Waals surface area contributed by atoms with Crippen LogP contribution in [0.5, 0.6) is 5.75 Å². The fourth-order valence-electron chi connectivity index (χ4n) is 6.19. The minimum absolute atomic E-state index is 0.0994. The van der Waals surface area contributed by atoms with Crippen molar-refractivity contribution < 1.29 is 32.6 Å². The molecule has 3 unspecified atom stereocenters. The van der Waals surface area contributed by atoms with Crippen molar-refractivity contribution in [3.63, 3.8) is 0 Å². The zero-order valence-corrected chi connectivity index (χ0v) is 21.8. The number of phenols is 1. The maximum absolute atomic E-state index is 13.0. The molecule has 2 aromatic carbocycles. The summed E-state index contributed by atoms with van der Waals surface area (Å²) in [5.74, 6) is -0.721. The van der Waals surface area contributed by atoms with Crippen LogP contribution in [0.2, 0.25) is 0 Å². The van der Waals surface area contributed by atoms with E-state index >= 15 is 0 Å². The highest BCUT2D eigenvalue weighted by Crippen LogP contribution is 2.54. The van der Waals surface area contributed by atoms with Gasteiger partial charge in [-0.05, 0) is 73.7 Å². The first-order valence-corrected chi connectivity index (χ1v) is 12.9. The van der Waals surface area contributed by atoms with Crippen molar-refractivity contribution in [2.24, 2.45) is 0 Å². The van der Waals surface area contributed by atoms with E-state index in [1.165, 1.54) is 31.2 Å². The molecule has 2 fully saturated rings. The summed E-state index contributed by atoms with van der Waals surface area (Å²) < 4.78 is 45.2. The molecule has 3 atom stereocenters. The molecular formula is C30H33F3N2O4. The number of hydrogen-bond donors (Lipinski definition) is 2. The Balaban J connectivity index is 1.60. The number of amides is 1. The van der Waals surface area contributed by atoms with Gasteiger partial charge in [0.2, 0.25) is 5.91 Å². The number of carbonyl (C=O) groups excluding carboxylic acids is 2. The molecule has 2 aromatic rings. The van der Waals surface area contributed by atoms with Crippen molar-refractivity contribution in [2.45, 2.75) is 55.8 Å². The molecule has 0 bridgehead atoms. The van der Waals surface area contributed by atoms with E-state index in [-0.39, 0.29) is 17.4 Å². The third-order valence-corrected chi connectivity index (χ3v) is 7.81. The number of nitrogens with one attached hydrogen (secondary N) is 1. The molecule has 4 rings (SSSR count). The first-order valence-electron chi connectivity index (χ1n) is 12.9. The van der Waals surface area contributed by atoms with Crippen molar-refractivity contribution in [1.29, 1.82) is 0 Å². The zero-order valence-electron chi connectivity index (χ0n) is 21.8. The number of ether oxygens (including phenoxy) is 1. The standard InChI is InChI=1S/C30H33F3N2O4/c1-3-15-35-16-14-28(23-7-5-9-26(37)18-23)19-25(12-13-29(28,20-35)39-21(2)36)34-27(38)11-10-22-6-4-8-24(17-22)30(31,32)33/h3-11,17-18,25,37H,1,12-16,19-20H2,2H3,(H,34,38)/b11-10+. The van der Waals surface area contributed by atoms with Crippen molar-refractivity contribution >= 4 is 18.0 Å². The second kappa shape index (κ2) is 11.3. The maximum atomic E-state index is 13.0. The van der Waals surface area contributed by atoms with E-state index in [2.05, 4.69) is 16.8 Å². The van der Waals surface area contributed by atoms with Crippen LogP contribution in [0.15, 0.2) is 67.3 Å². The molecule has 6 nitrogen and oxygen atoms in total. The molecule has 1 aliphatic carbocycles. The number of likely N-dealkylation sites (tertiary alicyclic amines) is 1. The lowest BCUT2D eigenvalue weighted by Crippen LogP contribution is -2.68. The quantitative estimate of drug-likeness (QED) is 0.285. The second-order valence-corrected chi connectivity index (χ2v) is 10.4. The highest BCUT2D eigenvalue weighted by atomic mass is 19.4. The molecule has 1 saturated carbocycles. The van der Waals surface area contributed by atoms with E-state index in [9.17, 15) is 27.9 Å². The number of piperidine rings is 1. The topological polar surface area (TPSA) is 78.9 Å². The van der Waals surface area contributed by atoms with Gasteiger partial charge in [-0.1, -0.05) is 30.3 Å². The summed E-state index contributed by atoms with van der Waals surface area (Å²) in [7, 11) is 0. The number of halogens is 3. The zero-order chi connectivity index (χ0) is 28.3. The Labute approximate surface area is 226 Å². The molecule has 1 aliphatic heterocycles. The third kappa shape index (κ3) is 6.19. The van der Waals surface area contributed by atoms with Crippen LogP contribution in [-0.2, 0) is 25.9 Å². The first-order chi connectivity index (χ1) is 18.5. The minimum Gasteiger partial charge on any atom is -0.508 e. The number of aromatic hydroxyl groups is 1. The van der Waals surface area contributed by atoms with Gasteiger partial charge in [-0.2, -0.15) is 13.2 Å². The van der Waals surface area contributed by atoms with Crippen LogP contribution < -0.4 is 5.32 Å². The Morgan fingerprint density at radius 2 is 1.97 bits per heavy atom. The van der Waals surface area contributed by atoms with Crippen LogP contribution in [-0.4, -0.2) is 53.2 Å². The van der Waals surface area contributed by atoms with E-state index in [4.69, 9.17) is 4.74 Å². The van der Waals surface area contributed by atoms with E-state index in [1.54, 1.807) is 18.2 Å². The minimum atomic E-state index is -4.47. The molecule has 2 aliphatic rings. The molecule has 39 heavy (non-hydrogen) atoms. The molecule has 1 heterocycles. The molecule has 1 saturated heterocycles. The molecule has 208 valence electrons. The SMILES string of the molecule is C=CCN1CCC2(c3cccc(O)c3)CC(NC(=O)/C=C/c3cccc(C(F)(F)F)c3)CCC2(OC(C)=O)C1. The lowest BCUT2D eigenvalue weighted by Gasteiger charge is -2.59. The Morgan fingerprint density at radius 3 is 2.67 bits per heavy atom. The summed E-state index contributed by atoms with van der Waals surface area (Å²) in [4.78, 5) is 27.4. The summed E-state index contributed by atoms with van der Waals surface area (Å²) in [5, 5.41) is 13.3. The molecule has 0 aromatic heterocycles. The normalized spacial score (nSPS) is 25.6. The van der Waals surface area contributed by atoms with Crippen LogP contribution in [0.4, 0.5) is 13.2 Å². The number of nitrogens with zero attached hydrogens (tertiary/aromatic N) is 1. The number of rotatable bonds is 7. The van der Waals surface area contributed by atoms with E-state index in [0.29, 0.717) is 45.3 Å². The molecule has 1 amide bonds. The van der Waals surface area contributed by atoms with Crippen molar-refractivity contribution in [2.75, 3.05) is 19.6 Å². The lowest BCUT2D eigenvalue weighted by molar-refractivity contribution is -0.186. The van der Waals surface area contributed by atoms with E-state index < -0.39 is 34.6 Å². The smallest absolute Gasteiger partial charge is 0.416 e. The van der Waals surface area contributed by atoms with Gasteiger partial charge in [0.25, 0.3) is 0 Å². The first kappa shape index (κ1) is 28.4. The predicted molar refractivity (Wildman–Crippen MR) is 142 cm³/mol. The monoisotopic (exact) mass is 542 g/mol. The Morgan fingerprint density at radius 1 is 1.21 bits per heavy atom. The lowest BCUT2D eigenvalue weighted by atomic mass is 9.55. The predicted octanol–water partition coefficient (Wildman–Crippen LogP) is 5.22. The summed E-state index contributed by atoms with van der Waals surface area (Å²) in [6, 6.07) is 11.4. The molecule has 0 radical (unpaired) electrons. The Kier molecular flexibility index (Phi) is 8.20. The van der Waals surface area contributed by atoms with E-state index in [1.807, 2.05) is 12.1 Å². The molecule has 2 N–H and O–H groups in total. The van der Waals surface area contributed by atoms with Gasteiger partial charge < -0.3 is 15.2 Å². The highest BCUT2D eigenvalue weighted by Gasteiger charge is 2.60. The van der Waals surface area contributed by atoms with Gasteiger partial charge in [0.05, 0.1) is 5.56 Å². The summed E-state index contributed by atoms with van der Waals surface area (Å²) in [6.45, 7) is 7.07. The van der Waals surface area contributed by atoms with Gasteiger partial charge in [-0.25, -0.2) is 0 Å². The van der Waals surface area contributed by atoms with Crippen LogP contribution >= 0.6 is 0 Å². The van der Waals surface area contributed by atoms with Gasteiger partial charge in [0.1, 0.15) is 11.4 Å². The van der Waals surface area contributed by atoms with Crippen molar-refractivity contribution in [1.82, 2.24) is 10.2 Å². The summed E-state index contributed by atoms with van der Waals surface area (Å²) >= 11 is 0. The van der Waals surface area contributed by atoms with Crippen LogP contribution in [0, 0.1) is 0 Å². The maximum Gasteiger partial charge on any atom is 0.416 e. The number of alkyl halides is 3. The number of carbonyl (C=O) groups is 2. The number of benzene rings is 2.